The summed E-state index contributed by atoms with van der Waals surface area (Å²) in [6.45, 7) is 0.236. The number of rotatable bonds is 5. The van der Waals surface area contributed by atoms with Gasteiger partial charge in [0.1, 0.15) is 0 Å². The van der Waals surface area contributed by atoms with Gasteiger partial charge in [-0.3, -0.25) is 9.59 Å². The van der Waals surface area contributed by atoms with E-state index in [1.54, 1.807) is 24.3 Å². The molecule has 1 aromatic carbocycles. The third-order valence-corrected chi connectivity index (χ3v) is 2.05. The van der Waals surface area contributed by atoms with Gasteiger partial charge in [-0.25, -0.2) is 0 Å². The predicted molar refractivity (Wildman–Crippen MR) is 64.4 cm³/mol. The van der Waals surface area contributed by atoms with E-state index in [4.69, 9.17) is 11.6 Å². The first-order chi connectivity index (χ1) is 8.13. The van der Waals surface area contributed by atoms with Gasteiger partial charge >= 0.3 is 0 Å². The Labute approximate surface area is 98.7 Å². The molecule has 0 spiro atoms. The summed E-state index contributed by atoms with van der Waals surface area (Å²) in [5, 5.41) is 5.96. The number of primary amides is 1. The number of nitrogens with zero attached hydrogens (tertiary/aromatic N) is 1. The zero-order valence-corrected chi connectivity index (χ0v) is 9.22. The number of nitrogens with one attached hydrogen (secondary N) is 1. The second kappa shape index (κ2) is 6.26. The number of hydrogen-bond donors (Lipinski definition) is 3. The second-order valence-corrected chi connectivity index (χ2v) is 3.37. The van der Waals surface area contributed by atoms with Crippen molar-refractivity contribution in [3.63, 3.8) is 0 Å². The maximum Gasteiger partial charge on any atom is 0.251 e. The normalized spacial score (nSPS) is 10.4. The van der Waals surface area contributed by atoms with Crippen molar-refractivity contribution in [1.82, 2.24) is 5.32 Å². The smallest absolute Gasteiger partial charge is 0.251 e. The first-order valence-electron chi connectivity index (χ1n) is 5.03. The SMILES string of the molecule is NN=Cc1ccc(C(=O)NCCC(N)=O)cc1. The highest BCUT2D eigenvalue weighted by Crippen LogP contribution is 2.02. The summed E-state index contributed by atoms with van der Waals surface area (Å²) in [6.07, 6.45) is 1.61. The van der Waals surface area contributed by atoms with Crippen LogP contribution < -0.4 is 16.9 Å². The molecule has 0 fully saturated rings. The first kappa shape index (κ1) is 12.7. The zero-order valence-electron chi connectivity index (χ0n) is 9.22. The predicted octanol–water partition coefficient (Wildman–Crippen LogP) is -0.416. The van der Waals surface area contributed by atoms with Crippen LogP contribution in [0.4, 0.5) is 0 Å². The average molecular weight is 234 g/mol. The van der Waals surface area contributed by atoms with Gasteiger partial charge in [0, 0.05) is 18.5 Å². The molecule has 6 heteroatoms. The fourth-order valence-electron chi connectivity index (χ4n) is 1.21. The Morgan fingerprint density at radius 3 is 2.47 bits per heavy atom. The highest BCUT2D eigenvalue weighted by atomic mass is 16.2. The molecule has 5 N–H and O–H groups in total. The molecule has 17 heavy (non-hydrogen) atoms. The Morgan fingerprint density at radius 2 is 1.94 bits per heavy atom. The molecule has 0 aliphatic heterocycles. The van der Waals surface area contributed by atoms with Gasteiger partial charge in [0.25, 0.3) is 5.91 Å². The minimum atomic E-state index is -0.445. The molecule has 6 nitrogen and oxygen atoms in total. The van der Waals surface area contributed by atoms with Gasteiger partial charge in [0.15, 0.2) is 0 Å². The van der Waals surface area contributed by atoms with E-state index in [1.807, 2.05) is 0 Å². The van der Waals surface area contributed by atoms with E-state index in [0.29, 0.717) is 5.56 Å². The van der Waals surface area contributed by atoms with Crippen LogP contribution in [0.5, 0.6) is 0 Å². The Hall–Kier alpha value is -2.37. The lowest BCUT2D eigenvalue weighted by atomic mass is 10.1. The molecule has 1 aromatic rings. The molecule has 0 bridgehead atoms. The number of nitrogens with two attached hydrogens (primary N) is 2. The van der Waals surface area contributed by atoms with Crippen molar-refractivity contribution >= 4 is 18.0 Å². The number of amides is 2. The lowest BCUT2D eigenvalue weighted by Crippen LogP contribution is -2.27. The van der Waals surface area contributed by atoms with Crippen LogP contribution in [-0.4, -0.2) is 24.6 Å². The Bertz CT molecular complexity index is 426. The van der Waals surface area contributed by atoms with Gasteiger partial charge in [-0.1, -0.05) is 12.1 Å². The maximum absolute atomic E-state index is 11.6. The van der Waals surface area contributed by atoms with Crippen molar-refractivity contribution in [2.75, 3.05) is 6.54 Å². The van der Waals surface area contributed by atoms with Gasteiger partial charge < -0.3 is 16.9 Å². The largest absolute Gasteiger partial charge is 0.370 e. The van der Waals surface area contributed by atoms with Gasteiger partial charge in [-0.15, -0.1) is 0 Å². The van der Waals surface area contributed by atoms with Gasteiger partial charge in [-0.2, -0.15) is 5.10 Å². The minimum Gasteiger partial charge on any atom is -0.370 e. The highest BCUT2D eigenvalue weighted by Gasteiger charge is 2.04. The van der Waals surface area contributed by atoms with Crippen molar-refractivity contribution in [2.24, 2.45) is 16.7 Å². The van der Waals surface area contributed by atoms with Crippen molar-refractivity contribution < 1.29 is 9.59 Å². The molecule has 90 valence electrons. The monoisotopic (exact) mass is 234 g/mol. The molecule has 1 rings (SSSR count). The van der Waals surface area contributed by atoms with Crippen molar-refractivity contribution in [1.29, 1.82) is 0 Å². The molecular weight excluding hydrogens is 220 g/mol. The van der Waals surface area contributed by atoms with E-state index in [2.05, 4.69) is 10.4 Å². The number of carbonyl (C=O) groups excluding carboxylic acids is 2. The van der Waals surface area contributed by atoms with Crippen LogP contribution in [0.3, 0.4) is 0 Å². The molecule has 0 aliphatic rings. The fourth-order valence-corrected chi connectivity index (χ4v) is 1.21. The molecule has 0 unspecified atom stereocenters. The molecular formula is C11H14N4O2. The summed E-state index contributed by atoms with van der Waals surface area (Å²) in [7, 11) is 0. The standard InChI is InChI=1S/C11H14N4O2/c12-10(16)5-6-14-11(17)9-3-1-8(2-4-9)7-15-13/h1-4,7H,5-6,13H2,(H2,12,16)(H,14,17). The maximum atomic E-state index is 11.6. The molecule has 0 aliphatic carbocycles. The number of carbonyl (C=O) groups is 2. The van der Waals surface area contributed by atoms with Crippen LogP contribution in [0.1, 0.15) is 22.3 Å². The van der Waals surface area contributed by atoms with Gasteiger partial charge in [0.2, 0.25) is 5.91 Å². The van der Waals surface area contributed by atoms with Gasteiger partial charge in [0.05, 0.1) is 6.21 Å². The Morgan fingerprint density at radius 1 is 1.29 bits per heavy atom. The summed E-state index contributed by atoms with van der Waals surface area (Å²) in [4.78, 5) is 22.1. The lowest BCUT2D eigenvalue weighted by Gasteiger charge is -2.03. The van der Waals surface area contributed by atoms with Crippen molar-refractivity contribution in [3.05, 3.63) is 35.4 Å². The van der Waals surface area contributed by atoms with Crippen molar-refractivity contribution in [2.45, 2.75) is 6.42 Å². The third-order valence-electron chi connectivity index (χ3n) is 2.05. The second-order valence-electron chi connectivity index (χ2n) is 3.37. The quantitative estimate of drug-likeness (QED) is 0.365. The van der Waals surface area contributed by atoms with E-state index in [1.165, 1.54) is 6.21 Å². The number of hydrogen-bond acceptors (Lipinski definition) is 4. The van der Waals surface area contributed by atoms with Crippen LogP contribution in [0, 0.1) is 0 Å². The van der Waals surface area contributed by atoms with Crippen LogP contribution in [0.15, 0.2) is 29.4 Å². The van der Waals surface area contributed by atoms with E-state index in [0.717, 1.165) is 5.56 Å². The van der Waals surface area contributed by atoms with E-state index in [-0.39, 0.29) is 18.9 Å². The molecule has 0 radical (unpaired) electrons. The van der Waals surface area contributed by atoms with Crippen molar-refractivity contribution in [3.8, 4) is 0 Å². The number of benzene rings is 1. The molecule has 2 amide bonds. The average Bonchev–Trinajstić information content (AvgIpc) is 2.30. The molecule has 0 saturated carbocycles. The van der Waals surface area contributed by atoms with Crippen LogP contribution in [0.2, 0.25) is 0 Å². The van der Waals surface area contributed by atoms with Crippen LogP contribution in [-0.2, 0) is 4.79 Å². The zero-order chi connectivity index (χ0) is 12.7. The first-order valence-corrected chi connectivity index (χ1v) is 5.03. The summed E-state index contributed by atoms with van der Waals surface area (Å²) < 4.78 is 0. The lowest BCUT2D eigenvalue weighted by molar-refractivity contribution is -0.117. The molecule has 0 atom stereocenters. The van der Waals surface area contributed by atoms with Crippen LogP contribution in [0.25, 0.3) is 0 Å². The molecule has 0 aromatic heterocycles. The summed E-state index contributed by atoms with van der Waals surface area (Å²) in [5.74, 6) is 4.31. The fraction of sp³-hybridized carbons (Fsp3) is 0.182. The summed E-state index contributed by atoms with van der Waals surface area (Å²) in [6, 6.07) is 6.74. The summed E-state index contributed by atoms with van der Waals surface area (Å²) >= 11 is 0. The van der Waals surface area contributed by atoms with E-state index >= 15 is 0 Å². The third kappa shape index (κ3) is 4.33. The van der Waals surface area contributed by atoms with E-state index < -0.39 is 5.91 Å². The van der Waals surface area contributed by atoms with Gasteiger partial charge in [-0.05, 0) is 17.7 Å². The minimum absolute atomic E-state index is 0.129. The van der Waals surface area contributed by atoms with E-state index in [9.17, 15) is 9.59 Å². The molecule has 0 heterocycles. The highest BCUT2D eigenvalue weighted by molar-refractivity contribution is 5.95. The molecule has 0 saturated heterocycles. The Balaban J connectivity index is 2.54. The Kier molecular flexibility index (Phi) is 4.68. The number of hydrazone groups is 1. The topological polar surface area (TPSA) is 111 Å². The van der Waals surface area contributed by atoms with Crippen LogP contribution >= 0.6 is 0 Å². The summed E-state index contributed by atoms with van der Waals surface area (Å²) in [5.41, 5.74) is 6.26.